The van der Waals surface area contributed by atoms with Gasteiger partial charge in [-0.3, -0.25) is 9.59 Å². The number of nitrogen functional groups attached to an aromatic ring is 1. The Morgan fingerprint density at radius 2 is 1.92 bits per heavy atom. The molecule has 8 nitrogen and oxygen atoms in total. The number of aromatic nitrogens is 2. The van der Waals surface area contributed by atoms with Crippen LogP contribution in [-0.2, 0) is 22.4 Å². The molecule has 2 aromatic heterocycles. The normalized spacial score (nSPS) is 18.5. The Labute approximate surface area is 221 Å². The van der Waals surface area contributed by atoms with E-state index in [1.54, 1.807) is 4.90 Å². The number of rotatable bonds is 4. The van der Waals surface area contributed by atoms with Crippen LogP contribution in [0.1, 0.15) is 58.8 Å². The first-order valence-electron chi connectivity index (χ1n) is 12.8. The maximum absolute atomic E-state index is 15.3. The number of nitrogens with zero attached hydrogens (tertiary/aromatic N) is 2. The number of hydrogen-bond acceptors (Lipinski definition) is 6. The third kappa shape index (κ3) is 5.37. The van der Waals surface area contributed by atoms with Gasteiger partial charge in [0, 0.05) is 47.9 Å². The summed E-state index contributed by atoms with van der Waals surface area (Å²) in [6.45, 7) is 0.647. The maximum atomic E-state index is 15.3. The predicted octanol–water partition coefficient (Wildman–Crippen LogP) is 4.87. The fourth-order valence-corrected chi connectivity index (χ4v) is 5.84. The smallest absolute Gasteiger partial charge is 0.469 e. The topological polar surface area (TPSA) is 111 Å². The Morgan fingerprint density at radius 1 is 1.18 bits per heavy atom. The van der Waals surface area contributed by atoms with Crippen molar-refractivity contribution >= 4 is 28.6 Å². The Hall–Kier alpha value is -3.83. The number of likely N-dealkylation sites (tertiary alicyclic amines) is 1. The van der Waals surface area contributed by atoms with E-state index in [4.69, 9.17) is 10.5 Å². The maximum Gasteiger partial charge on any atom is 0.573 e. The van der Waals surface area contributed by atoms with Crippen LogP contribution in [0.25, 0.3) is 11.0 Å². The predicted molar refractivity (Wildman–Crippen MR) is 134 cm³/mol. The average molecular weight is 549 g/mol. The van der Waals surface area contributed by atoms with Gasteiger partial charge in [-0.05, 0) is 55.7 Å². The highest BCUT2D eigenvalue weighted by Crippen LogP contribution is 2.39. The van der Waals surface area contributed by atoms with Gasteiger partial charge in [-0.1, -0.05) is 0 Å². The number of pyridine rings is 1. The molecule has 12 heteroatoms. The third-order valence-electron chi connectivity index (χ3n) is 7.65. The Balaban J connectivity index is 1.35. The quantitative estimate of drug-likeness (QED) is 0.208. The summed E-state index contributed by atoms with van der Waals surface area (Å²) in [6.07, 6.45) is -0.0867. The highest BCUT2D eigenvalue weighted by Gasteiger charge is 2.33. The summed E-state index contributed by atoms with van der Waals surface area (Å²) < 4.78 is 61.6. The minimum Gasteiger partial charge on any atom is -0.469 e. The van der Waals surface area contributed by atoms with Crippen LogP contribution in [-0.4, -0.2) is 53.3 Å². The molecule has 1 amide bonds. The van der Waals surface area contributed by atoms with Crippen LogP contribution in [0.3, 0.4) is 0 Å². The first-order chi connectivity index (χ1) is 18.6. The number of hydrogen-bond donors (Lipinski definition) is 2. The number of fused-ring (bicyclic) bond motifs is 3. The van der Waals surface area contributed by atoms with Gasteiger partial charge in [0.05, 0.1) is 24.8 Å². The molecule has 3 aromatic rings. The van der Waals surface area contributed by atoms with Crippen LogP contribution in [0.4, 0.5) is 23.2 Å². The standard InChI is InChI=1S/C27H28F4N4O4/c1-38-26(37)15-3-2-4-18-21(11-15)34-24-23(18)22(19(28)13-33-24)14-7-9-35(10-8-14)25(36)17-6-5-16(12-20(17)32)39-27(29,30)31/h5-6,12-15H,2-4,7-11,32H2,1H3,(H,33,34)/t15-/m1/s1. The fourth-order valence-electron chi connectivity index (χ4n) is 5.84. The number of H-pyrrole nitrogens is 1. The Bertz CT molecular complexity index is 1410. The number of carbonyl (C=O) groups excluding carboxylic acids is 2. The molecule has 0 radical (unpaired) electrons. The van der Waals surface area contributed by atoms with Gasteiger partial charge < -0.3 is 25.1 Å². The lowest BCUT2D eigenvalue weighted by Crippen LogP contribution is -2.38. The second-order valence-corrected chi connectivity index (χ2v) is 10.0. The number of benzene rings is 1. The number of methoxy groups -OCH3 is 1. The third-order valence-corrected chi connectivity index (χ3v) is 7.65. The summed E-state index contributed by atoms with van der Waals surface area (Å²) in [5.41, 5.74) is 8.82. The van der Waals surface area contributed by atoms with Crippen molar-refractivity contribution in [3.8, 4) is 5.75 Å². The molecular formula is C27H28F4N4O4. The van der Waals surface area contributed by atoms with Crippen LogP contribution in [0.2, 0.25) is 0 Å². The number of halogens is 4. The van der Waals surface area contributed by atoms with Gasteiger partial charge in [0.15, 0.2) is 0 Å². The summed E-state index contributed by atoms with van der Waals surface area (Å²) in [5, 5.41) is 0.754. The molecule has 2 aliphatic rings. The number of anilines is 1. The van der Waals surface area contributed by atoms with E-state index in [9.17, 15) is 22.8 Å². The molecule has 0 saturated carbocycles. The minimum absolute atomic E-state index is 0.0802. The summed E-state index contributed by atoms with van der Waals surface area (Å²) in [7, 11) is 1.37. The lowest BCUT2D eigenvalue weighted by Gasteiger charge is -2.33. The zero-order valence-corrected chi connectivity index (χ0v) is 21.2. The molecule has 1 aliphatic carbocycles. The zero-order chi connectivity index (χ0) is 27.9. The number of nitrogens with two attached hydrogens (primary N) is 1. The molecule has 0 bridgehead atoms. The molecule has 3 N–H and O–H groups in total. The molecule has 1 saturated heterocycles. The number of aryl methyl sites for hydroxylation is 1. The van der Waals surface area contributed by atoms with Gasteiger partial charge in [-0.25, -0.2) is 9.37 Å². The van der Waals surface area contributed by atoms with Crippen LogP contribution < -0.4 is 10.5 Å². The van der Waals surface area contributed by atoms with E-state index in [-0.39, 0.29) is 29.1 Å². The first-order valence-corrected chi connectivity index (χ1v) is 12.8. The lowest BCUT2D eigenvalue weighted by atomic mass is 9.86. The van der Waals surface area contributed by atoms with Crippen molar-refractivity contribution < 1.29 is 36.6 Å². The zero-order valence-electron chi connectivity index (χ0n) is 21.2. The molecule has 1 aromatic carbocycles. The highest BCUT2D eigenvalue weighted by atomic mass is 19.4. The van der Waals surface area contributed by atoms with Crippen LogP contribution in [0, 0.1) is 11.7 Å². The largest absolute Gasteiger partial charge is 0.573 e. The van der Waals surface area contributed by atoms with Gasteiger partial charge >= 0.3 is 12.3 Å². The first kappa shape index (κ1) is 26.8. The number of ether oxygens (including phenoxy) is 2. The number of alkyl halides is 3. The number of esters is 1. The van der Waals surface area contributed by atoms with Crippen molar-refractivity contribution in [1.82, 2.24) is 14.9 Å². The summed E-state index contributed by atoms with van der Waals surface area (Å²) in [4.78, 5) is 34.4. The lowest BCUT2D eigenvalue weighted by molar-refractivity contribution is -0.274. The van der Waals surface area contributed by atoms with Crippen LogP contribution in [0.15, 0.2) is 24.4 Å². The summed E-state index contributed by atoms with van der Waals surface area (Å²) in [6, 6.07) is 3.24. The molecule has 5 rings (SSSR count). The Kier molecular flexibility index (Phi) is 7.13. The summed E-state index contributed by atoms with van der Waals surface area (Å²) >= 11 is 0. The SMILES string of the molecule is COC(=O)[C@@H]1CCCc2c([nH]c3ncc(F)c(C4CCN(C(=O)c5ccc(OC(F)(F)F)cc5N)CC4)c23)C1. The monoisotopic (exact) mass is 548 g/mol. The van der Waals surface area contributed by atoms with Crippen molar-refractivity contribution in [2.75, 3.05) is 25.9 Å². The number of aromatic amines is 1. The van der Waals surface area contributed by atoms with Gasteiger partial charge in [-0.15, -0.1) is 13.2 Å². The number of amides is 1. The van der Waals surface area contributed by atoms with E-state index >= 15 is 4.39 Å². The Morgan fingerprint density at radius 3 is 2.59 bits per heavy atom. The minimum atomic E-state index is -4.87. The molecular weight excluding hydrogens is 520 g/mol. The number of nitrogens with one attached hydrogen (secondary N) is 1. The van der Waals surface area contributed by atoms with Crippen molar-refractivity contribution in [2.45, 2.75) is 50.8 Å². The number of carbonyl (C=O) groups is 2. The molecule has 3 heterocycles. The molecule has 39 heavy (non-hydrogen) atoms. The van der Waals surface area contributed by atoms with E-state index < -0.39 is 23.8 Å². The number of piperidine rings is 1. The summed E-state index contributed by atoms with van der Waals surface area (Å²) in [5.74, 6) is -2.02. The fraction of sp³-hybridized carbons (Fsp3) is 0.444. The van der Waals surface area contributed by atoms with Crippen LogP contribution >= 0.6 is 0 Å². The second kappa shape index (κ2) is 10.4. The van der Waals surface area contributed by atoms with E-state index in [0.29, 0.717) is 56.4 Å². The molecule has 1 fully saturated rings. The average Bonchev–Trinajstić information content (AvgIpc) is 3.09. The van der Waals surface area contributed by atoms with Gasteiger partial charge in [-0.2, -0.15) is 0 Å². The van der Waals surface area contributed by atoms with Crippen LogP contribution in [0.5, 0.6) is 5.75 Å². The van der Waals surface area contributed by atoms with Crippen molar-refractivity contribution in [2.24, 2.45) is 5.92 Å². The van der Waals surface area contributed by atoms with E-state index in [2.05, 4.69) is 14.7 Å². The van der Waals surface area contributed by atoms with Gasteiger partial charge in [0.1, 0.15) is 17.2 Å². The molecule has 0 unspecified atom stereocenters. The van der Waals surface area contributed by atoms with E-state index in [1.165, 1.54) is 19.4 Å². The molecule has 1 aliphatic heterocycles. The molecule has 208 valence electrons. The van der Waals surface area contributed by atoms with E-state index in [0.717, 1.165) is 35.2 Å². The van der Waals surface area contributed by atoms with Crippen molar-refractivity contribution in [3.63, 3.8) is 0 Å². The molecule has 0 spiro atoms. The van der Waals surface area contributed by atoms with E-state index in [1.807, 2.05) is 0 Å². The molecule has 1 atom stereocenters. The van der Waals surface area contributed by atoms with Gasteiger partial charge in [0.2, 0.25) is 0 Å². The van der Waals surface area contributed by atoms with Gasteiger partial charge in [0.25, 0.3) is 5.91 Å². The van der Waals surface area contributed by atoms with Crippen molar-refractivity contribution in [1.29, 1.82) is 0 Å². The van der Waals surface area contributed by atoms with Crippen molar-refractivity contribution in [3.05, 3.63) is 52.6 Å². The second-order valence-electron chi connectivity index (χ2n) is 10.0. The highest BCUT2D eigenvalue weighted by molar-refractivity contribution is 5.99.